The Bertz CT molecular complexity index is 351. The fraction of sp³-hybridized carbons (Fsp3) is 1.00. The van der Waals surface area contributed by atoms with Crippen LogP contribution in [0, 0.1) is 0 Å². The van der Waals surface area contributed by atoms with Gasteiger partial charge in [-0.25, -0.2) is 0 Å². The molecule has 0 aromatic rings. The second-order valence-electron chi connectivity index (χ2n) is 5.58. The molecule has 1 saturated heterocycles. The summed E-state index contributed by atoms with van der Waals surface area (Å²) in [5, 5.41) is 9.91. The lowest BCUT2D eigenvalue weighted by Crippen LogP contribution is -2.37. The van der Waals surface area contributed by atoms with Crippen molar-refractivity contribution < 1.29 is 28.6 Å². The van der Waals surface area contributed by atoms with Crippen molar-refractivity contribution >= 4 is 15.4 Å². The normalized spacial score (nSPS) is 33.8. The molecule has 3 unspecified atom stereocenters. The first-order valence-corrected chi connectivity index (χ1v) is 8.63. The summed E-state index contributed by atoms with van der Waals surface area (Å²) in [6, 6.07) is -0.840. The molecule has 1 rings (SSSR count). The second-order valence-corrected chi connectivity index (χ2v) is 7.52. The standard InChI is InChI=1S/C12H24BO6P/c1-7(2)17-11-9(18-12(13)10(11)14)5-6-20(15,16)19-8(3)4/h7-12,14H,5-6H2,1-4H3,(H,15,16)/t9-,10?,11?,12-/m1/s1. The molecule has 1 aliphatic rings. The lowest BCUT2D eigenvalue weighted by atomic mass is 9.92. The minimum Gasteiger partial charge on any atom is -0.388 e. The molecule has 8 heteroatoms. The molecule has 6 nitrogen and oxygen atoms in total. The maximum Gasteiger partial charge on any atom is 0.328 e. The Kier molecular flexibility index (Phi) is 6.70. The van der Waals surface area contributed by atoms with Crippen molar-refractivity contribution in [2.45, 2.75) is 70.6 Å². The molecule has 0 aromatic heterocycles. The van der Waals surface area contributed by atoms with E-state index in [4.69, 9.17) is 21.8 Å². The van der Waals surface area contributed by atoms with Crippen LogP contribution in [0.1, 0.15) is 34.1 Å². The van der Waals surface area contributed by atoms with Gasteiger partial charge in [-0.1, -0.05) is 0 Å². The topological polar surface area (TPSA) is 85.2 Å². The minimum atomic E-state index is -3.66. The molecule has 5 atom stereocenters. The van der Waals surface area contributed by atoms with Gasteiger partial charge in [-0.15, -0.1) is 0 Å². The molecule has 0 amide bonds. The van der Waals surface area contributed by atoms with Crippen LogP contribution in [0.25, 0.3) is 0 Å². The highest BCUT2D eigenvalue weighted by Crippen LogP contribution is 2.45. The highest BCUT2D eigenvalue weighted by atomic mass is 31.2. The highest BCUT2D eigenvalue weighted by Gasteiger charge is 2.42. The number of hydrogen-bond donors (Lipinski definition) is 2. The summed E-state index contributed by atoms with van der Waals surface area (Å²) in [4.78, 5) is 9.69. The molecule has 1 fully saturated rings. The Labute approximate surface area is 121 Å². The summed E-state index contributed by atoms with van der Waals surface area (Å²) in [7, 11) is 1.98. The number of ether oxygens (including phenoxy) is 2. The molecule has 2 N–H and O–H groups in total. The number of hydrogen-bond acceptors (Lipinski definition) is 5. The van der Waals surface area contributed by atoms with Gasteiger partial charge in [0.2, 0.25) is 0 Å². The Morgan fingerprint density at radius 3 is 2.40 bits per heavy atom. The van der Waals surface area contributed by atoms with Crippen molar-refractivity contribution in [3.63, 3.8) is 0 Å². The second kappa shape index (κ2) is 7.39. The Morgan fingerprint density at radius 1 is 1.30 bits per heavy atom. The Balaban J connectivity index is 2.59. The minimum absolute atomic E-state index is 0.0623. The first-order valence-electron chi connectivity index (χ1n) is 6.87. The van der Waals surface area contributed by atoms with Crippen LogP contribution < -0.4 is 0 Å². The molecular formula is C12H24BO6P. The van der Waals surface area contributed by atoms with E-state index < -0.39 is 31.9 Å². The zero-order valence-corrected chi connectivity index (χ0v) is 13.3. The molecule has 1 aliphatic heterocycles. The first-order chi connectivity index (χ1) is 9.12. The summed E-state index contributed by atoms with van der Waals surface area (Å²) < 4.78 is 27.8. The van der Waals surface area contributed by atoms with E-state index in [1.165, 1.54) is 0 Å². The zero-order chi connectivity index (χ0) is 15.5. The third-order valence-corrected chi connectivity index (χ3v) is 4.45. The van der Waals surface area contributed by atoms with Crippen LogP contribution in [0.4, 0.5) is 0 Å². The van der Waals surface area contributed by atoms with E-state index in [1.807, 2.05) is 13.8 Å². The predicted molar refractivity (Wildman–Crippen MR) is 76.0 cm³/mol. The molecule has 2 radical (unpaired) electrons. The van der Waals surface area contributed by atoms with E-state index in [0.717, 1.165) is 0 Å². The monoisotopic (exact) mass is 306 g/mol. The van der Waals surface area contributed by atoms with Crippen molar-refractivity contribution in [2.24, 2.45) is 0 Å². The van der Waals surface area contributed by atoms with Gasteiger partial charge in [0, 0.05) is 6.00 Å². The van der Waals surface area contributed by atoms with Crippen LogP contribution in [0.3, 0.4) is 0 Å². The highest BCUT2D eigenvalue weighted by molar-refractivity contribution is 7.52. The van der Waals surface area contributed by atoms with E-state index in [9.17, 15) is 14.6 Å². The van der Waals surface area contributed by atoms with Gasteiger partial charge in [-0.2, -0.15) is 0 Å². The largest absolute Gasteiger partial charge is 0.388 e. The average molecular weight is 306 g/mol. The summed E-state index contributed by atoms with van der Waals surface area (Å²) >= 11 is 0. The summed E-state index contributed by atoms with van der Waals surface area (Å²) in [6.45, 7) is 7.07. The van der Waals surface area contributed by atoms with E-state index in [0.29, 0.717) is 0 Å². The summed E-state index contributed by atoms with van der Waals surface area (Å²) in [5.74, 6) is 0. The fourth-order valence-electron chi connectivity index (χ4n) is 2.15. The van der Waals surface area contributed by atoms with Crippen molar-refractivity contribution in [1.29, 1.82) is 0 Å². The third kappa shape index (κ3) is 5.47. The molecule has 0 spiro atoms. The van der Waals surface area contributed by atoms with Gasteiger partial charge in [-0.3, -0.25) is 4.57 Å². The smallest absolute Gasteiger partial charge is 0.328 e. The average Bonchev–Trinajstić information content (AvgIpc) is 2.52. The van der Waals surface area contributed by atoms with Gasteiger partial charge >= 0.3 is 7.60 Å². The van der Waals surface area contributed by atoms with Crippen LogP contribution in [0.2, 0.25) is 0 Å². The molecule has 116 valence electrons. The van der Waals surface area contributed by atoms with Gasteiger partial charge in [0.25, 0.3) is 0 Å². The SMILES string of the molecule is [B][C@@H]1O[C@H](CCP(=O)(O)OC(C)C)C(OC(C)C)C1O. The predicted octanol–water partition coefficient (Wildman–Crippen LogP) is 1.03. The zero-order valence-electron chi connectivity index (χ0n) is 12.4. The van der Waals surface area contributed by atoms with Crippen molar-refractivity contribution in [3.05, 3.63) is 0 Å². The van der Waals surface area contributed by atoms with E-state index in [2.05, 4.69) is 0 Å². The molecule has 0 aromatic carbocycles. The van der Waals surface area contributed by atoms with Crippen molar-refractivity contribution in [3.8, 4) is 0 Å². The molecule has 0 bridgehead atoms. The quantitative estimate of drug-likeness (QED) is 0.540. The Morgan fingerprint density at radius 2 is 1.90 bits per heavy atom. The Hall–Kier alpha value is 0.0949. The van der Waals surface area contributed by atoms with Gasteiger partial charge < -0.3 is 24.0 Å². The maximum absolute atomic E-state index is 11.8. The third-order valence-electron chi connectivity index (χ3n) is 2.87. The van der Waals surface area contributed by atoms with Crippen LogP contribution in [-0.4, -0.2) is 60.5 Å². The van der Waals surface area contributed by atoms with E-state index in [-0.39, 0.29) is 24.8 Å². The van der Waals surface area contributed by atoms with E-state index >= 15 is 0 Å². The molecule has 0 aliphatic carbocycles. The summed E-state index contributed by atoms with van der Waals surface area (Å²) in [6.07, 6.45) is -2.30. The molecule has 20 heavy (non-hydrogen) atoms. The number of aliphatic hydroxyl groups is 1. The fourth-order valence-corrected chi connectivity index (χ4v) is 3.50. The van der Waals surface area contributed by atoms with Gasteiger partial charge in [0.15, 0.2) is 0 Å². The lowest BCUT2D eigenvalue weighted by Gasteiger charge is -2.24. The van der Waals surface area contributed by atoms with Crippen LogP contribution in [-0.2, 0) is 18.6 Å². The van der Waals surface area contributed by atoms with Gasteiger partial charge in [0.05, 0.1) is 24.5 Å². The van der Waals surface area contributed by atoms with Crippen LogP contribution in [0.5, 0.6) is 0 Å². The first kappa shape index (κ1) is 18.1. The van der Waals surface area contributed by atoms with E-state index in [1.54, 1.807) is 13.8 Å². The van der Waals surface area contributed by atoms with Gasteiger partial charge in [0.1, 0.15) is 20.1 Å². The van der Waals surface area contributed by atoms with Gasteiger partial charge in [-0.05, 0) is 34.1 Å². The van der Waals surface area contributed by atoms with Crippen LogP contribution in [0.15, 0.2) is 0 Å². The molecular weight excluding hydrogens is 282 g/mol. The molecule has 1 heterocycles. The summed E-state index contributed by atoms with van der Waals surface area (Å²) in [5.41, 5.74) is 0. The van der Waals surface area contributed by atoms with Crippen molar-refractivity contribution in [1.82, 2.24) is 0 Å². The number of aliphatic hydroxyl groups excluding tert-OH is 1. The lowest BCUT2D eigenvalue weighted by molar-refractivity contribution is -0.0663. The van der Waals surface area contributed by atoms with Crippen LogP contribution >= 0.6 is 7.60 Å². The maximum atomic E-state index is 11.8. The number of rotatable bonds is 7. The van der Waals surface area contributed by atoms with Crippen molar-refractivity contribution in [2.75, 3.05) is 6.16 Å². The molecule has 0 saturated carbocycles.